The minimum atomic E-state index is 0.195. The second-order valence-corrected chi connectivity index (χ2v) is 4.60. The lowest BCUT2D eigenvalue weighted by Crippen LogP contribution is -1.96. The van der Waals surface area contributed by atoms with Gasteiger partial charge < -0.3 is 19.7 Å². The highest BCUT2D eigenvalue weighted by Gasteiger charge is 2.10. The van der Waals surface area contributed by atoms with Crippen LogP contribution >= 0.6 is 0 Å². The summed E-state index contributed by atoms with van der Waals surface area (Å²) in [5.74, 6) is 2.32. The lowest BCUT2D eigenvalue weighted by molar-refractivity contribution is 0.243. The maximum Gasteiger partial charge on any atom is 0.264 e. The molecule has 0 aliphatic heterocycles. The zero-order valence-electron chi connectivity index (χ0n) is 12.0. The van der Waals surface area contributed by atoms with Gasteiger partial charge in [-0.15, -0.1) is 0 Å². The van der Waals surface area contributed by atoms with Crippen LogP contribution in [0.2, 0.25) is 0 Å². The molecule has 3 rings (SSSR count). The number of ether oxygens (including phenoxy) is 2. The third-order valence-electron chi connectivity index (χ3n) is 3.04. The van der Waals surface area contributed by atoms with Crippen molar-refractivity contribution in [2.24, 2.45) is 0 Å². The molecule has 3 aromatic rings. The molecule has 0 saturated carbocycles. The summed E-state index contributed by atoms with van der Waals surface area (Å²) in [5.41, 5.74) is 7.13. The van der Waals surface area contributed by atoms with Crippen molar-refractivity contribution in [2.45, 2.75) is 6.61 Å². The van der Waals surface area contributed by atoms with Crippen molar-refractivity contribution < 1.29 is 14.0 Å². The predicted molar refractivity (Wildman–Crippen MR) is 81.5 cm³/mol. The van der Waals surface area contributed by atoms with Gasteiger partial charge in [-0.25, -0.2) is 0 Å². The predicted octanol–water partition coefficient (Wildman–Crippen LogP) is 2.91. The number of nitrogen functional groups attached to an aromatic ring is 1. The van der Waals surface area contributed by atoms with E-state index in [0.717, 1.165) is 11.3 Å². The molecule has 0 bridgehead atoms. The van der Waals surface area contributed by atoms with E-state index in [9.17, 15) is 0 Å². The van der Waals surface area contributed by atoms with E-state index in [0.29, 0.717) is 23.2 Å². The van der Waals surface area contributed by atoms with Gasteiger partial charge in [0.1, 0.15) is 11.5 Å². The standard InChI is InChI=1S/C16H15N3O3/c1-20-14-4-2-3-11(9-14)16-18-15(22-19-16)10-21-13-7-5-12(17)6-8-13/h2-9H,10,17H2,1H3. The molecule has 0 unspecified atom stereocenters. The first-order chi connectivity index (χ1) is 10.7. The van der Waals surface area contributed by atoms with Gasteiger partial charge in [0.05, 0.1) is 7.11 Å². The Kier molecular flexibility index (Phi) is 3.91. The summed E-state index contributed by atoms with van der Waals surface area (Å²) in [6.07, 6.45) is 0. The summed E-state index contributed by atoms with van der Waals surface area (Å²) in [6.45, 7) is 0.195. The second kappa shape index (κ2) is 6.17. The molecular weight excluding hydrogens is 282 g/mol. The monoisotopic (exact) mass is 297 g/mol. The highest BCUT2D eigenvalue weighted by atomic mass is 16.5. The van der Waals surface area contributed by atoms with E-state index in [-0.39, 0.29) is 6.61 Å². The van der Waals surface area contributed by atoms with Gasteiger partial charge in [0.25, 0.3) is 5.89 Å². The van der Waals surface area contributed by atoms with Gasteiger partial charge >= 0.3 is 0 Å². The molecule has 0 amide bonds. The smallest absolute Gasteiger partial charge is 0.264 e. The molecule has 6 heteroatoms. The molecule has 0 atom stereocenters. The van der Waals surface area contributed by atoms with Crippen molar-refractivity contribution in [3.05, 3.63) is 54.4 Å². The van der Waals surface area contributed by atoms with Crippen LogP contribution in [0.5, 0.6) is 11.5 Å². The highest BCUT2D eigenvalue weighted by molar-refractivity contribution is 5.56. The fourth-order valence-corrected chi connectivity index (χ4v) is 1.90. The lowest BCUT2D eigenvalue weighted by Gasteiger charge is -2.02. The van der Waals surface area contributed by atoms with Gasteiger partial charge in [0, 0.05) is 11.3 Å². The van der Waals surface area contributed by atoms with E-state index in [1.807, 2.05) is 24.3 Å². The number of nitrogens with zero attached hydrogens (tertiary/aromatic N) is 2. The molecule has 1 aromatic heterocycles. The third-order valence-corrected chi connectivity index (χ3v) is 3.04. The minimum absolute atomic E-state index is 0.195. The fraction of sp³-hybridized carbons (Fsp3) is 0.125. The Morgan fingerprint density at radius 3 is 2.68 bits per heavy atom. The molecule has 6 nitrogen and oxygen atoms in total. The van der Waals surface area contributed by atoms with Gasteiger partial charge in [0.2, 0.25) is 5.82 Å². The Balaban J connectivity index is 1.69. The first-order valence-corrected chi connectivity index (χ1v) is 6.70. The van der Waals surface area contributed by atoms with Crippen molar-refractivity contribution >= 4 is 5.69 Å². The summed E-state index contributed by atoms with van der Waals surface area (Å²) in [5, 5.41) is 3.95. The molecule has 0 fully saturated rings. The average molecular weight is 297 g/mol. The first-order valence-electron chi connectivity index (χ1n) is 6.70. The number of nitrogens with two attached hydrogens (primary N) is 1. The Morgan fingerprint density at radius 2 is 1.91 bits per heavy atom. The van der Waals surface area contributed by atoms with Crippen LogP contribution in [0.15, 0.2) is 53.1 Å². The van der Waals surface area contributed by atoms with Crippen molar-refractivity contribution in [1.82, 2.24) is 10.1 Å². The van der Waals surface area contributed by atoms with Gasteiger partial charge in [-0.3, -0.25) is 0 Å². The van der Waals surface area contributed by atoms with E-state index in [4.69, 9.17) is 19.7 Å². The summed E-state index contributed by atoms with van der Waals surface area (Å²) >= 11 is 0. The normalized spacial score (nSPS) is 10.4. The molecule has 0 radical (unpaired) electrons. The number of hydrogen-bond acceptors (Lipinski definition) is 6. The van der Waals surface area contributed by atoms with Crippen molar-refractivity contribution in [1.29, 1.82) is 0 Å². The number of rotatable bonds is 5. The van der Waals surface area contributed by atoms with Crippen LogP contribution in [0, 0.1) is 0 Å². The first kappa shape index (κ1) is 13.9. The van der Waals surface area contributed by atoms with E-state index in [1.54, 1.807) is 31.4 Å². The second-order valence-electron chi connectivity index (χ2n) is 4.60. The zero-order chi connectivity index (χ0) is 15.4. The van der Waals surface area contributed by atoms with Crippen molar-refractivity contribution in [2.75, 3.05) is 12.8 Å². The van der Waals surface area contributed by atoms with E-state index in [1.165, 1.54) is 0 Å². The number of hydrogen-bond donors (Lipinski definition) is 1. The highest BCUT2D eigenvalue weighted by Crippen LogP contribution is 2.21. The number of anilines is 1. The largest absolute Gasteiger partial charge is 0.497 e. The Bertz CT molecular complexity index is 753. The molecule has 0 aliphatic rings. The SMILES string of the molecule is COc1cccc(-c2noc(COc3ccc(N)cc3)n2)c1. The molecule has 2 N–H and O–H groups in total. The van der Waals surface area contributed by atoms with Crippen LogP contribution in [0.25, 0.3) is 11.4 Å². The van der Waals surface area contributed by atoms with Crippen molar-refractivity contribution in [3.63, 3.8) is 0 Å². The van der Waals surface area contributed by atoms with Crippen LogP contribution in [0.1, 0.15) is 5.89 Å². The summed E-state index contributed by atoms with van der Waals surface area (Å²) in [7, 11) is 1.61. The van der Waals surface area contributed by atoms with Crippen molar-refractivity contribution in [3.8, 4) is 22.9 Å². The summed E-state index contributed by atoms with van der Waals surface area (Å²) in [6, 6.07) is 14.6. The topological polar surface area (TPSA) is 83.4 Å². The maximum absolute atomic E-state index is 5.62. The van der Waals surface area contributed by atoms with E-state index < -0.39 is 0 Å². The summed E-state index contributed by atoms with van der Waals surface area (Å²) in [4.78, 5) is 4.31. The van der Waals surface area contributed by atoms with Crippen LogP contribution in [-0.4, -0.2) is 17.3 Å². The molecule has 22 heavy (non-hydrogen) atoms. The zero-order valence-corrected chi connectivity index (χ0v) is 12.0. The van der Waals surface area contributed by atoms with Crippen LogP contribution < -0.4 is 15.2 Å². The molecule has 1 heterocycles. The van der Waals surface area contributed by atoms with Crippen LogP contribution in [0.4, 0.5) is 5.69 Å². The average Bonchev–Trinajstić information content (AvgIpc) is 3.03. The fourth-order valence-electron chi connectivity index (χ4n) is 1.90. The maximum atomic E-state index is 5.62. The molecule has 112 valence electrons. The molecular formula is C16H15N3O3. The Labute approximate surface area is 127 Å². The van der Waals surface area contributed by atoms with E-state index >= 15 is 0 Å². The number of methoxy groups -OCH3 is 1. The third kappa shape index (κ3) is 3.17. The number of benzene rings is 2. The van der Waals surface area contributed by atoms with Gasteiger partial charge in [-0.1, -0.05) is 17.3 Å². The molecule has 2 aromatic carbocycles. The molecule has 0 saturated heterocycles. The Morgan fingerprint density at radius 1 is 1.09 bits per heavy atom. The van der Waals surface area contributed by atoms with Gasteiger partial charge in [-0.05, 0) is 36.4 Å². The lowest BCUT2D eigenvalue weighted by atomic mass is 10.2. The van der Waals surface area contributed by atoms with Gasteiger partial charge in [0.15, 0.2) is 6.61 Å². The van der Waals surface area contributed by atoms with Crippen LogP contribution in [-0.2, 0) is 6.61 Å². The Hall–Kier alpha value is -3.02. The molecule has 0 aliphatic carbocycles. The number of aromatic nitrogens is 2. The van der Waals surface area contributed by atoms with Crippen LogP contribution in [0.3, 0.4) is 0 Å². The van der Waals surface area contributed by atoms with Gasteiger partial charge in [-0.2, -0.15) is 4.98 Å². The van der Waals surface area contributed by atoms with E-state index in [2.05, 4.69) is 10.1 Å². The summed E-state index contributed by atoms with van der Waals surface area (Å²) < 4.78 is 15.9. The quantitative estimate of drug-likeness (QED) is 0.729. The minimum Gasteiger partial charge on any atom is -0.497 e. The molecule has 0 spiro atoms.